The van der Waals surface area contributed by atoms with Crippen molar-refractivity contribution in [3.63, 3.8) is 0 Å². The first kappa shape index (κ1) is 10.8. The van der Waals surface area contributed by atoms with Gasteiger partial charge in [-0.2, -0.15) is 0 Å². The summed E-state index contributed by atoms with van der Waals surface area (Å²) in [6.45, 7) is 1.97. The summed E-state index contributed by atoms with van der Waals surface area (Å²) >= 11 is 0. The molecule has 1 N–H and O–H groups in total. The maximum absolute atomic E-state index is 5.20. The Morgan fingerprint density at radius 2 is 2.06 bits per heavy atom. The van der Waals surface area contributed by atoms with Gasteiger partial charge in [0, 0.05) is 23.5 Å². The van der Waals surface area contributed by atoms with Crippen molar-refractivity contribution in [1.82, 2.24) is 15.0 Å². The van der Waals surface area contributed by atoms with Crippen LogP contribution in [0.3, 0.4) is 0 Å². The number of imidazole rings is 1. The van der Waals surface area contributed by atoms with Crippen LogP contribution in [0.15, 0.2) is 36.5 Å². The molecule has 0 aliphatic rings. The van der Waals surface area contributed by atoms with Crippen molar-refractivity contribution in [3.8, 4) is 17.1 Å². The van der Waals surface area contributed by atoms with E-state index in [9.17, 15) is 0 Å². The van der Waals surface area contributed by atoms with E-state index in [1.54, 1.807) is 13.3 Å². The van der Waals surface area contributed by atoms with Crippen LogP contribution in [0, 0.1) is 6.92 Å². The molecule has 2 aromatic heterocycles. The molecule has 0 aliphatic carbocycles. The number of hydrogen-bond acceptors (Lipinski definition) is 3. The fourth-order valence-corrected chi connectivity index (χ4v) is 1.95. The van der Waals surface area contributed by atoms with E-state index in [1.165, 1.54) is 0 Å². The molecule has 4 nitrogen and oxygen atoms in total. The smallest absolute Gasteiger partial charge is 0.138 e. The summed E-state index contributed by atoms with van der Waals surface area (Å²) in [6, 6.07) is 9.75. The number of ether oxygens (including phenoxy) is 1. The number of benzene rings is 1. The fourth-order valence-electron chi connectivity index (χ4n) is 1.95. The first-order chi connectivity index (χ1) is 8.76. The normalized spacial score (nSPS) is 10.8. The molecule has 0 aliphatic heterocycles. The highest BCUT2D eigenvalue weighted by Crippen LogP contribution is 2.23. The van der Waals surface area contributed by atoms with Crippen molar-refractivity contribution in [2.75, 3.05) is 7.11 Å². The van der Waals surface area contributed by atoms with Gasteiger partial charge >= 0.3 is 0 Å². The molecule has 3 rings (SSSR count). The van der Waals surface area contributed by atoms with Crippen LogP contribution in [0.5, 0.6) is 5.75 Å². The van der Waals surface area contributed by atoms with Gasteiger partial charge in [-0.15, -0.1) is 0 Å². The fraction of sp³-hybridized carbons (Fsp3) is 0.143. The van der Waals surface area contributed by atoms with E-state index in [-0.39, 0.29) is 0 Å². The highest BCUT2D eigenvalue weighted by atomic mass is 16.5. The van der Waals surface area contributed by atoms with E-state index in [0.717, 1.165) is 33.9 Å². The average Bonchev–Trinajstić information content (AvgIpc) is 2.81. The molecule has 3 aromatic rings. The van der Waals surface area contributed by atoms with Crippen molar-refractivity contribution in [2.45, 2.75) is 6.92 Å². The highest BCUT2D eigenvalue weighted by Gasteiger charge is 2.06. The van der Waals surface area contributed by atoms with Crippen LogP contribution in [0.2, 0.25) is 0 Å². The molecular weight excluding hydrogens is 226 g/mol. The molecule has 2 heterocycles. The van der Waals surface area contributed by atoms with E-state index < -0.39 is 0 Å². The number of aryl methyl sites for hydroxylation is 1. The van der Waals surface area contributed by atoms with Gasteiger partial charge in [-0.25, -0.2) is 4.98 Å². The number of H-pyrrole nitrogens is 1. The first-order valence-corrected chi connectivity index (χ1v) is 5.73. The maximum Gasteiger partial charge on any atom is 0.138 e. The van der Waals surface area contributed by atoms with Gasteiger partial charge < -0.3 is 9.72 Å². The Morgan fingerprint density at radius 3 is 2.83 bits per heavy atom. The maximum atomic E-state index is 5.20. The first-order valence-electron chi connectivity index (χ1n) is 5.73. The van der Waals surface area contributed by atoms with Crippen LogP contribution in [0.1, 0.15) is 5.69 Å². The summed E-state index contributed by atoms with van der Waals surface area (Å²) in [6.07, 6.45) is 1.79. The van der Waals surface area contributed by atoms with Gasteiger partial charge in [0.1, 0.15) is 11.6 Å². The molecule has 4 heteroatoms. The Morgan fingerprint density at radius 1 is 1.17 bits per heavy atom. The van der Waals surface area contributed by atoms with Crippen molar-refractivity contribution >= 4 is 11.0 Å². The third kappa shape index (κ3) is 1.82. The number of pyridine rings is 1. The van der Waals surface area contributed by atoms with Gasteiger partial charge in [0.05, 0.1) is 18.1 Å². The predicted molar refractivity (Wildman–Crippen MR) is 70.6 cm³/mol. The lowest BCUT2D eigenvalue weighted by Gasteiger charge is -1.97. The van der Waals surface area contributed by atoms with Crippen LogP contribution in [-0.2, 0) is 0 Å². The van der Waals surface area contributed by atoms with E-state index >= 15 is 0 Å². The van der Waals surface area contributed by atoms with Gasteiger partial charge in [0.2, 0.25) is 0 Å². The zero-order valence-corrected chi connectivity index (χ0v) is 10.3. The number of rotatable bonds is 2. The molecule has 0 bridgehead atoms. The average molecular weight is 239 g/mol. The largest absolute Gasteiger partial charge is 0.497 e. The Bertz CT molecular complexity index is 703. The number of methoxy groups -OCH3 is 1. The van der Waals surface area contributed by atoms with Crippen LogP contribution < -0.4 is 4.74 Å². The van der Waals surface area contributed by atoms with E-state index in [1.807, 2.05) is 37.3 Å². The summed E-state index contributed by atoms with van der Waals surface area (Å²) in [5.41, 5.74) is 3.92. The molecule has 0 atom stereocenters. The van der Waals surface area contributed by atoms with Gasteiger partial charge in [-0.3, -0.25) is 4.98 Å². The molecule has 0 saturated carbocycles. The van der Waals surface area contributed by atoms with Crippen LogP contribution >= 0.6 is 0 Å². The lowest BCUT2D eigenvalue weighted by Crippen LogP contribution is -1.84. The van der Waals surface area contributed by atoms with Gasteiger partial charge in [0.15, 0.2) is 0 Å². The molecule has 0 fully saturated rings. The van der Waals surface area contributed by atoms with E-state index in [2.05, 4.69) is 15.0 Å². The summed E-state index contributed by atoms with van der Waals surface area (Å²) in [5, 5.41) is 0. The predicted octanol–water partition coefficient (Wildman–Crippen LogP) is 2.94. The Kier molecular flexibility index (Phi) is 2.48. The molecule has 0 radical (unpaired) electrons. The number of aromatic nitrogens is 3. The molecule has 1 aromatic carbocycles. The SMILES string of the molecule is COc1ccc2nc(-c3ccnc(C)c3)[nH]c2c1. The lowest BCUT2D eigenvalue weighted by molar-refractivity contribution is 0.415. The number of fused-ring (bicyclic) bond motifs is 1. The van der Waals surface area contributed by atoms with E-state index in [4.69, 9.17) is 4.74 Å². The van der Waals surface area contributed by atoms with E-state index in [0.29, 0.717) is 0 Å². The molecule has 18 heavy (non-hydrogen) atoms. The quantitative estimate of drug-likeness (QED) is 0.748. The van der Waals surface area contributed by atoms with Crippen molar-refractivity contribution in [3.05, 3.63) is 42.2 Å². The minimum atomic E-state index is 0.823. The van der Waals surface area contributed by atoms with Gasteiger partial charge in [-0.1, -0.05) is 0 Å². The second kappa shape index (κ2) is 4.14. The Hall–Kier alpha value is -2.36. The highest BCUT2D eigenvalue weighted by molar-refractivity contribution is 5.80. The number of hydrogen-bond donors (Lipinski definition) is 1. The second-order valence-electron chi connectivity index (χ2n) is 4.15. The molecule has 90 valence electrons. The molecule has 0 spiro atoms. The van der Waals surface area contributed by atoms with Crippen molar-refractivity contribution < 1.29 is 4.74 Å². The number of aromatic amines is 1. The van der Waals surface area contributed by atoms with Crippen LogP contribution in [0.4, 0.5) is 0 Å². The lowest BCUT2D eigenvalue weighted by atomic mass is 10.2. The van der Waals surface area contributed by atoms with Crippen molar-refractivity contribution in [2.24, 2.45) is 0 Å². The summed E-state index contributed by atoms with van der Waals surface area (Å²) < 4.78 is 5.20. The third-order valence-corrected chi connectivity index (χ3v) is 2.86. The molecule has 0 unspecified atom stereocenters. The van der Waals surface area contributed by atoms with Crippen molar-refractivity contribution in [1.29, 1.82) is 0 Å². The van der Waals surface area contributed by atoms with Gasteiger partial charge in [0.25, 0.3) is 0 Å². The summed E-state index contributed by atoms with van der Waals surface area (Å²) in [7, 11) is 1.66. The zero-order chi connectivity index (χ0) is 12.5. The summed E-state index contributed by atoms with van der Waals surface area (Å²) in [5.74, 6) is 1.67. The second-order valence-corrected chi connectivity index (χ2v) is 4.15. The summed E-state index contributed by atoms with van der Waals surface area (Å²) in [4.78, 5) is 12.0. The third-order valence-electron chi connectivity index (χ3n) is 2.86. The Balaban J connectivity index is 2.13. The monoisotopic (exact) mass is 239 g/mol. The topological polar surface area (TPSA) is 50.8 Å². The van der Waals surface area contributed by atoms with Crippen LogP contribution in [-0.4, -0.2) is 22.1 Å². The molecule has 0 amide bonds. The number of nitrogens with zero attached hydrogens (tertiary/aromatic N) is 2. The minimum Gasteiger partial charge on any atom is -0.497 e. The van der Waals surface area contributed by atoms with Crippen LogP contribution in [0.25, 0.3) is 22.4 Å². The zero-order valence-electron chi connectivity index (χ0n) is 10.3. The standard InChI is InChI=1S/C14H13N3O/c1-9-7-10(5-6-15-9)14-16-12-4-3-11(18-2)8-13(12)17-14/h3-8H,1-2H3,(H,16,17). The minimum absolute atomic E-state index is 0.823. The molecule has 0 saturated heterocycles. The molecular formula is C14H13N3O. The number of nitrogens with one attached hydrogen (secondary N) is 1. The Labute approximate surface area is 105 Å². The van der Waals surface area contributed by atoms with Gasteiger partial charge in [-0.05, 0) is 31.2 Å².